The molecule has 0 aromatic carbocycles. The predicted octanol–water partition coefficient (Wildman–Crippen LogP) is 2.50. The minimum Gasteiger partial charge on any atom is -0.465 e. The van der Waals surface area contributed by atoms with Gasteiger partial charge in [0.05, 0.1) is 6.61 Å². The highest BCUT2D eigenvalue weighted by Crippen LogP contribution is 2.39. The molecule has 3 heteroatoms. The molecule has 0 saturated heterocycles. The summed E-state index contributed by atoms with van der Waals surface area (Å²) in [5.41, 5.74) is -0.418. The molecule has 1 rings (SSSR count). The molecule has 0 aromatic heterocycles. The van der Waals surface area contributed by atoms with Gasteiger partial charge in [0.1, 0.15) is 5.54 Å². The van der Waals surface area contributed by atoms with Crippen LogP contribution in [0.2, 0.25) is 0 Å². The fourth-order valence-corrected chi connectivity index (χ4v) is 2.92. The van der Waals surface area contributed by atoms with E-state index in [1.54, 1.807) is 0 Å². The molecule has 3 nitrogen and oxygen atoms in total. The average Bonchev–Trinajstić information content (AvgIpc) is 2.61. The van der Waals surface area contributed by atoms with E-state index >= 15 is 0 Å². The van der Waals surface area contributed by atoms with Gasteiger partial charge in [-0.2, -0.15) is 0 Å². The minimum atomic E-state index is -0.418. The van der Waals surface area contributed by atoms with Crippen LogP contribution in [0, 0.1) is 5.92 Å². The fraction of sp³-hybridized carbons (Fsp3) is 0.923. The second kappa shape index (κ2) is 5.67. The van der Waals surface area contributed by atoms with E-state index in [4.69, 9.17) is 4.74 Å². The van der Waals surface area contributed by atoms with Crippen LogP contribution in [0.3, 0.4) is 0 Å². The summed E-state index contributed by atoms with van der Waals surface area (Å²) in [6.45, 7) is 8.68. The number of ether oxygens (including phenoxy) is 1. The van der Waals surface area contributed by atoms with Crippen LogP contribution in [-0.4, -0.2) is 24.2 Å². The van der Waals surface area contributed by atoms with Gasteiger partial charge >= 0.3 is 5.97 Å². The molecule has 94 valence electrons. The van der Waals surface area contributed by atoms with Gasteiger partial charge in [-0.05, 0) is 39.5 Å². The van der Waals surface area contributed by atoms with E-state index < -0.39 is 5.54 Å². The van der Waals surface area contributed by atoms with Crippen molar-refractivity contribution in [3.63, 3.8) is 0 Å². The quantitative estimate of drug-likeness (QED) is 0.733. The average molecular weight is 227 g/mol. The number of rotatable bonds is 5. The number of nitrogens with one attached hydrogen (secondary N) is 1. The molecule has 1 saturated carbocycles. The van der Waals surface area contributed by atoms with Crippen LogP contribution in [0.5, 0.6) is 0 Å². The maximum Gasteiger partial charge on any atom is 0.326 e. The van der Waals surface area contributed by atoms with E-state index in [2.05, 4.69) is 26.1 Å². The zero-order chi connectivity index (χ0) is 12.2. The summed E-state index contributed by atoms with van der Waals surface area (Å²) in [6.07, 6.45) is 4.22. The first-order valence-electron chi connectivity index (χ1n) is 6.51. The molecule has 16 heavy (non-hydrogen) atoms. The molecule has 0 bridgehead atoms. The normalized spacial score (nSPS) is 29.7. The largest absolute Gasteiger partial charge is 0.465 e. The molecule has 0 radical (unpaired) electrons. The molecular weight excluding hydrogens is 202 g/mol. The summed E-state index contributed by atoms with van der Waals surface area (Å²) in [5.74, 6) is 0.377. The van der Waals surface area contributed by atoms with E-state index in [-0.39, 0.29) is 5.97 Å². The third-order valence-corrected chi connectivity index (χ3v) is 3.50. The summed E-state index contributed by atoms with van der Waals surface area (Å²) < 4.78 is 5.26. The Balaban J connectivity index is 2.87. The van der Waals surface area contributed by atoms with Gasteiger partial charge in [0.2, 0.25) is 0 Å². The van der Waals surface area contributed by atoms with Crippen LogP contribution in [0.15, 0.2) is 0 Å². The van der Waals surface area contributed by atoms with E-state index in [1.807, 2.05) is 6.92 Å². The Morgan fingerprint density at radius 2 is 2.19 bits per heavy atom. The Morgan fingerprint density at radius 3 is 2.69 bits per heavy atom. The van der Waals surface area contributed by atoms with Crippen molar-refractivity contribution in [2.75, 3.05) is 6.61 Å². The summed E-state index contributed by atoms with van der Waals surface area (Å²) in [5, 5.41) is 3.47. The van der Waals surface area contributed by atoms with Crippen LogP contribution in [0.25, 0.3) is 0 Å². The van der Waals surface area contributed by atoms with Crippen molar-refractivity contribution >= 4 is 5.97 Å². The lowest BCUT2D eigenvalue weighted by atomic mass is 9.84. The third-order valence-electron chi connectivity index (χ3n) is 3.50. The molecular formula is C13H25NO2. The molecule has 0 spiro atoms. The number of carbonyl (C=O) groups excluding carboxylic acids is 1. The first kappa shape index (κ1) is 13.5. The first-order valence-corrected chi connectivity index (χ1v) is 6.51. The summed E-state index contributed by atoms with van der Waals surface area (Å²) in [4.78, 5) is 12.2. The highest BCUT2D eigenvalue weighted by molar-refractivity contribution is 5.81. The number of hydrogen-bond donors (Lipinski definition) is 1. The number of carbonyl (C=O) groups is 1. The second-order valence-electron chi connectivity index (χ2n) is 4.99. The minimum absolute atomic E-state index is 0.0481. The van der Waals surface area contributed by atoms with E-state index in [0.29, 0.717) is 18.6 Å². The van der Waals surface area contributed by atoms with Gasteiger partial charge in [0.25, 0.3) is 0 Å². The van der Waals surface area contributed by atoms with Crippen molar-refractivity contribution in [1.82, 2.24) is 5.32 Å². The lowest BCUT2D eigenvalue weighted by Crippen LogP contribution is -2.57. The molecule has 0 heterocycles. The van der Waals surface area contributed by atoms with Gasteiger partial charge in [-0.1, -0.05) is 19.8 Å². The van der Waals surface area contributed by atoms with Gasteiger partial charge in [-0.3, -0.25) is 10.1 Å². The maximum atomic E-state index is 12.2. The fourth-order valence-electron chi connectivity index (χ4n) is 2.92. The molecule has 0 amide bonds. The lowest BCUT2D eigenvalue weighted by molar-refractivity contribution is -0.153. The third kappa shape index (κ3) is 2.57. The Kier molecular flexibility index (Phi) is 4.78. The van der Waals surface area contributed by atoms with Gasteiger partial charge in [-0.15, -0.1) is 0 Å². The SMILES string of the molecule is CCOC(=O)C1(NC(C)C)CCCC1CC. The second-order valence-corrected chi connectivity index (χ2v) is 4.99. The summed E-state index contributed by atoms with van der Waals surface area (Å²) >= 11 is 0. The first-order chi connectivity index (χ1) is 7.56. The molecule has 1 fully saturated rings. The van der Waals surface area contributed by atoms with Gasteiger partial charge < -0.3 is 4.74 Å². The Bertz CT molecular complexity index is 240. The molecule has 0 aliphatic heterocycles. The van der Waals surface area contributed by atoms with E-state index in [1.165, 1.54) is 0 Å². The summed E-state index contributed by atoms with van der Waals surface area (Å²) in [7, 11) is 0. The Morgan fingerprint density at radius 1 is 1.50 bits per heavy atom. The standard InChI is InChI=1S/C13H25NO2/c1-5-11-8-7-9-13(11,14-10(3)4)12(15)16-6-2/h10-11,14H,5-9H2,1-4H3. The van der Waals surface area contributed by atoms with Crippen LogP contribution >= 0.6 is 0 Å². The lowest BCUT2D eigenvalue weighted by Gasteiger charge is -2.35. The highest BCUT2D eigenvalue weighted by atomic mass is 16.5. The monoisotopic (exact) mass is 227 g/mol. The molecule has 1 N–H and O–H groups in total. The van der Waals surface area contributed by atoms with Gasteiger partial charge in [0, 0.05) is 6.04 Å². The molecule has 2 atom stereocenters. The number of hydrogen-bond acceptors (Lipinski definition) is 3. The van der Waals surface area contributed by atoms with Crippen molar-refractivity contribution in [2.24, 2.45) is 5.92 Å². The molecule has 1 aliphatic carbocycles. The van der Waals surface area contributed by atoms with Crippen LogP contribution in [0.4, 0.5) is 0 Å². The van der Waals surface area contributed by atoms with E-state index in [0.717, 1.165) is 25.7 Å². The topological polar surface area (TPSA) is 38.3 Å². The van der Waals surface area contributed by atoms with Gasteiger partial charge in [-0.25, -0.2) is 0 Å². The van der Waals surface area contributed by atoms with Crippen LogP contribution in [-0.2, 0) is 9.53 Å². The maximum absolute atomic E-state index is 12.2. The Labute approximate surface area is 98.9 Å². The van der Waals surface area contributed by atoms with E-state index in [9.17, 15) is 4.79 Å². The molecule has 2 unspecified atom stereocenters. The zero-order valence-electron chi connectivity index (χ0n) is 11.0. The number of esters is 1. The smallest absolute Gasteiger partial charge is 0.326 e. The summed E-state index contributed by atoms with van der Waals surface area (Å²) in [6, 6.07) is 0.316. The van der Waals surface area contributed by atoms with Crippen molar-refractivity contribution in [1.29, 1.82) is 0 Å². The predicted molar refractivity (Wildman–Crippen MR) is 65.3 cm³/mol. The zero-order valence-corrected chi connectivity index (χ0v) is 11.0. The molecule has 0 aromatic rings. The van der Waals surface area contributed by atoms with Crippen LogP contribution in [0.1, 0.15) is 53.4 Å². The highest BCUT2D eigenvalue weighted by Gasteiger charge is 2.49. The Hall–Kier alpha value is -0.570. The van der Waals surface area contributed by atoms with Crippen molar-refractivity contribution < 1.29 is 9.53 Å². The van der Waals surface area contributed by atoms with Gasteiger partial charge in [0.15, 0.2) is 0 Å². The van der Waals surface area contributed by atoms with Crippen molar-refractivity contribution in [3.05, 3.63) is 0 Å². The van der Waals surface area contributed by atoms with Crippen molar-refractivity contribution in [2.45, 2.75) is 65.0 Å². The molecule has 1 aliphatic rings. The van der Waals surface area contributed by atoms with Crippen LogP contribution < -0.4 is 5.32 Å². The van der Waals surface area contributed by atoms with Crippen molar-refractivity contribution in [3.8, 4) is 0 Å².